The molecule has 0 bridgehead atoms. The van der Waals surface area contributed by atoms with Crippen LogP contribution >= 0.6 is 11.8 Å². The van der Waals surface area contributed by atoms with Gasteiger partial charge in [-0.3, -0.25) is 34.0 Å². The summed E-state index contributed by atoms with van der Waals surface area (Å²) in [5.74, 6) is -1.69. The summed E-state index contributed by atoms with van der Waals surface area (Å²) in [5, 5.41) is 4.75. The maximum Gasteiger partial charge on any atom is 0.293 e. The van der Waals surface area contributed by atoms with Crippen molar-refractivity contribution in [1.29, 1.82) is 0 Å². The monoisotopic (exact) mass is 468 g/mol. The molecule has 2 N–H and O–H groups in total. The molecule has 2 heterocycles. The topological polar surface area (TPSA) is 121 Å². The fourth-order valence-corrected chi connectivity index (χ4v) is 4.15. The zero-order valence-corrected chi connectivity index (χ0v) is 17.9. The van der Waals surface area contributed by atoms with Gasteiger partial charge in [0.05, 0.1) is 15.7 Å². The van der Waals surface area contributed by atoms with Crippen LogP contribution in [0.15, 0.2) is 63.0 Å². The van der Waals surface area contributed by atoms with E-state index >= 15 is 0 Å². The molecule has 1 aromatic heterocycles. The standard InChI is InChI=1S/C22H17FN4O5S/c23-16-8-4-1-5-13(16)11-17-21(31)26(22(32)33-17)10-9-24-18(28)12-27-20(30)15-7-3-2-6-14(15)19(29)25-27/h1-8,11H,9-10,12H2,(H,24,28)(H,25,29)/b17-11-. The van der Waals surface area contributed by atoms with Gasteiger partial charge >= 0.3 is 0 Å². The molecule has 3 amide bonds. The van der Waals surface area contributed by atoms with E-state index in [4.69, 9.17) is 0 Å². The van der Waals surface area contributed by atoms with Crippen LogP contribution in [0.1, 0.15) is 5.56 Å². The lowest BCUT2D eigenvalue weighted by Gasteiger charge is -2.13. The number of nitrogens with zero attached hydrogens (tertiary/aromatic N) is 2. The number of amides is 3. The van der Waals surface area contributed by atoms with Crippen molar-refractivity contribution in [2.75, 3.05) is 13.1 Å². The van der Waals surface area contributed by atoms with Crippen LogP contribution in [0.3, 0.4) is 0 Å². The number of hydrogen-bond donors (Lipinski definition) is 2. The smallest absolute Gasteiger partial charge is 0.293 e. The third-order valence-electron chi connectivity index (χ3n) is 4.91. The Balaban J connectivity index is 1.38. The third-order valence-corrected chi connectivity index (χ3v) is 5.82. The van der Waals surface area contributed by atoms with Crippen molar-refractivity contribution in [2.24, 2.45) is 0 Å². The average molecular weight is 468 g/mol. The molecule has 4 rings (SSSR count). The van der Waals surface area contributed by atoms with Crippen LogP contribution in [-0.4, -0.2) is 44.8 Å². The quantitative estimate of drug-likeness (QED) is 0.531. The molecular formula is C22H17FN4O5S. The number of halogens is 1. The molecule has 0 aliphatic carbocycles. The first kappa shape index (κ1) is 22.2. The lowest BCUT2D eigenvalue weighted by Crippen LogP contribution is -2.40. The molecule has 0 radical (unpaired) electrons. The number of thioether (sulfide) groups is 1. The second-order valence-electron chi connectivity index (χ2n) is 7.08. The van der Waals surface area contributed by atoms with E-state index in [0.717, 1.165) is 9.58 Å². The van der Waals surface area contributed by atoms with Crippen LogP contribution in [-0.2, 0) is 16.1 Å². The normalized spacial score (nSPS) is 14.9. The average Bonchev–Trinajstić information content (AvgIpc) is 3.06. The van der Waals surface area contributed by atoms with Crippen LogP contribution in [0.5, 0.6) is 0 Å². The summed E-state index contributed by atoms with van der Waals surface area (Å²) < 4.78 is 14.7. The Morgan fingerprint density at radius 2 is 1.73 bits per heavy atom. The minimum atomic E-state index is -0.586. The molecule has 1 saturated heterocycles. The van der Waals surface area contributed by atoms with Crippen molar-refractivity contribution in [3.63, 3.8) is 0 Å². The summed E-state index contributed by atoms with van der Waals surface area (Å²) in [5.41, 5.74) is -0.840. The highest BCUT2D eigenvalue weighted by atomic mass is 32.2. The Morgan fingerprint density at radius 1 is 1.03 bits per heavy atom. The van der Waals surface area contributed by atoms with Gasteiger partial charge in [-0.2, -0.15) is 0 Å². The van der Waals surface area contributed by atoms with Crippen molar-refractivity contribution in [3.05, 3.63) is 85.5 Å². The lowest BCUT2D eigenvalue weighted by atomic mass is 10.2. The Hall–Kier alpha value is -3.99. The van der Waals surface area contributed by atoms with Crippen LogP contribution in [0, 0.1) is 5.82 Å². The van der Waals surface area contributed by atoms with Crippen LogP contribution < -0.4 is 16.4 Å². The van der Waals surface area contributed by atoms with Crippen LogP contribution in [0.25, 0.3) is 16.8 Å². The fraction of sp³-hybridized carbons (Fsp3) is 0.136. The fourth-order valence-electron chi connectivity index (χ4n) is 3.29. The number of aromatic amines is 1. The van der Waals surface area contributed by atoms with E-state index in [-0.39, 0.29) is 34.3 Å². The zero-order valence-electron chi connectivity index (χ0n) is 17.0. The molecule has 2 aromatic carbocycles. The number of nitrogens with one attached hydrogen (secondary N) is 2. The minimum Gasteiger partial charge on any atom is -0.353 e. The van der Waals surface area contributed by atoms with Gasteiger partial charge in [0, 0.05) is 18.7 Å². The van der Waals surface area contributed by atoms with E-state index in [1.165, 1.54) is 36.4 Å². The van der Waals surface area contributed by atoms with Crippen LogP contribution in [0.4, 0.5) is 9.18 Å². The number of H-pyrrole nitrogens is 1. The summed E-state index contributed by atoms with van der Waals surface area (Å²) >= 11 is 0.685. The largest absolute Gasteiger partial charge is 0.353 e. The molecule has 168 valence electrons. The molecule has 33 heavy (non-hydrogen) atoms. The Morgan fingerprint density at radius 3 is 2.48 bits per heavy atom. The third kappa shape index (κ3) is 4.62. The van der Waals surface area contributed by atoms with Crippen molar-refractivity contribution < 1.29 is 18.8 Å². The maximum absolute atomic E-state index is 13.8. The van der Waals surface area contributed by atoms with Crippen LogP contribution in [0.2, 0.25) is 0 Å². The number of benzene rings is 2. The van der Waals surface area contributed by atoms with E-state index in [1.54, 1.807) is 18.2 Å². The summed E-state index contributed by atoms with van der Waals surface area (Å²) in [7, 11) is 0. The number of imide groups is 1. The first-order chi connectivity index (χ1) is 15.8. The van der Waals surface area contributed by atoms with E-state index < -0.39 is 40.5 Å². The molecule has 0 atom stereocenters. The van der Waals surface area contributed by atoms with E-state index in [0.29, 0.717) is 11.8 Å². The first-order valence-electron chi connectivity index (χ1n) is 9.83. The molecule has 9 nitrogen and oxygen atoms in total. The number of carbonyl (C=O) groups excluding carboxylic acids is 3. The second-order valence-corrected chi connectivity index (χ2v) is 8.08. The SMILES string of the molecule is O=C(Cn1[nH]c(=O)c2ccccc2c1=O)NCCN1C(=O)S/C(=C\c2ccccc2F)C1=O. The molecule has 1 aliphatic heterocycles. The van der Waals surface area contributed by atoms with Gasteiger partial charge in [-0.05, 0) is 36.0 Å². The van der Waals surface area contributed by atoms with Gasteiger partial charge in [-0.25, -0.2) is 9.07 Å². The number of rotatable bonds is 6. The van der Waals surface area contributed by atoms with Crippen molar-refractivity contribution in [2.45, 2.75) is 6.54 Å². The molecule has 1 aliphatic rings. The molecule has 3 aromatic rings. The van der Waals surface area contributed by atoms with Crippen molar-refractivity contribution in [3.8, 4) is 0 Å². The van der Waals surface area contributed by atoms with Gasteiger partial charge in [-0.15, -0.1) is 0 Å². The van der Waals surface area contributed by atoms with Gasteiger partial charge in [0.15, 0.2) is 0 Å². The van der Waals surface area contributed by atoms with Crippen molar-refractivity contribution >= 4 is 45.7 Å². The second kappa shape index (κ2) is 9.25. The number of carbonyl (C=O) groups is 3. The molecule has 11 heteroatoms. The van der Waals surface area contributed by atoms with Gasteiger partial charge in [0.1, 0.15) is 12.4 Å². The molecular weight excluding hydrogens is 451 g/mol. The summed E-state index contributed by atoms with van der Waals surface area (Å²) in [6.45, 7) is -0.599. The predicted molar refractivity (Wildman–Crippen MR) is 121 cm³/mol. The van der Waals surface area contributed by atoms with E-state index in [2.05, 4.69) is 10.4 Å². The summed E-state index contributed by atoms with van der Waals surface area (Å²) in [6.07, 6.45) is 1.31. The lowest BCUT2D eigenvalue weighted by molar-refractivity contribution is -0.124. The number of hydrogen-bond acceptors (Lipinski definition) is 6. The van der Waals surface area contributed by atoms with Gasteiger partial charge in [0.25, 0.3) is 22.3 Å². The van der Waals surface area contributed by atoms with Gasteiger partial charge in [0.2, 0.25) is 5.91 Å². The number of aromatic nitrogens is 2. The molecule has 0 saturated carbocycles. The molecule has 1 fully saturated rings. The summed E-state index contributed by atoms with van der Waals surface area (Å²) in [6, 6.07) is 12.1. The van der Waals surface area contributed by atoms with Gasteiger partial charge in [-0.1, -0.05) is 30.3 Å². The number of fused-ring (bicyclic) bond motifs is 1. The zero-order chi connectivity index (χ0) is 23.5. The Bertz CT molecular complexity index is 1430. The van der Waals surface area contributed by atoms with E-state index in [1.807, 2.05) is 0 Å². The Labute approximate surface area is 189 Å². The minimum absolute atomic E-state index is 0.0591. The van der Waals surface area contributed by atoms with Gasteiger partial charge < -0.3 is 5.32 Å². The highest BCUT2D eigenvalue weighted by Gasteiger charge is 2.34. The highest BCUT2D eigenvalue weighted by Crippen LogP contribution is 2.32. The summed E-state index contributed by atoms with van der Waals surface area (Å²) in [4.78, 5) is 62.5. The highest BCUT2D eigenvalue weighted by molar-refractivity contribution is 8.18. The maximum atomic E-state index is 13.8. The molecule has 0 unspecified atom stereocenters. The Kier molecular flexibility index (Phi) is 6.22. The predicted octanol–water partition coefficient (Wildman–Crippen LogP) is 1.68. The first-order valence-corrected chi connectivity index (χ1v) is 10.7. The van der Waals surface area contributed by atoms with Crippen molar-refractivity contribution in [1.82, 2.24) is 20.0 Å². The van der Waals surface area contributed by atoms with E-state index in [9.17, 15) is 28.4 Å². The molecule has 0 spiro atoms.